The van der Waals surface area contributed by atoms with Gasteiger partial charge >= 0.3 is 5.69 Å². The van der Waals surface area contributed by atoms with E-state index >= 15 is 0 Å². The van der Waals surface area contributed by atoms with Crippen LogP contribution in [0.5, 0.6) is 0 Å². The number of H-pyrrole nitrogens is 1. The molecule has 2 aromatic carbocycles. The molecule has 0 aliphatic carbocycles. The highest BCUT2D eigenvalue weighted by Gasteiger charge is 2.23. The van der Waals surface area contributed by atoms with Crippen LogP contribution in [0.25, 0.3) is 16.5 Å². The summed E-state index contributed by atoms with van der Waals surface area (Å²) in [5, 5.41) is 22.9. The number of nitro benzene ring substituents is 1. The molecule has 2 N–H and O–H groups in total. The van der Waals surface area contributed by atoms with Crippen LogP contribution in [0.15, 0.2) is 71.8 Å². The maximum atomic E-state index is 14.2. The van der Waals surface area contributed by atoms with E-state index < -0.39 is 16.4 Å². The van der Waals surface area contributed by atoms with Gasteiger partial charge in [0.1, 0.15) is 5.82 Å². The molecule has 0 saturated heterocycles. The van der Waals surface area contributed by atoms with E-state index in [1.54, 1.807) is 13.1 Å². The molecule has 5 rings (SSSR count). The molecule has 0 fully saturated rings. The number of aromatic nitrogens is 3. The number of para-hydroxylation sites is 1. The Bertz CT molecular complexity index is 1610. The quantitative estimate of drug-likeness (QED) is 0.152. The van der Waals surface area contributed by atoms with Gasteiger partial charge in [-0.25, -0.2) is 4.99 Å². The van der Waals surface area contributed by atoms with Crippen molar-refractivity contribution in [2.24, 2.45) is 4.99 Å². The van der Waals surface area contributed by atoms with Crippen molar-refractivity contribution in [1.82, 2.24) is 14.8 Å². The normalized spacial score (nSPS) is 14.3. The van der Waals surface area contributed by atoms with Gasteiger partial charge < -0.3 is 9.88 Å². The second-order valence-corrected chi connectivity index (χ2v) is 9.28. The van der Waals surface area contributed by atoms with Crippen molar-refractivity contribution >= 4 is 33.6 Å². The number of hydrogen-bond acceptors (Lipinski definition) is 5. The molecule has 194 valence electrons. The highest BCUT2D eigenvalue weighted by atomic mass is 19.1. The number of nitro groups is 1. The SMILES string of the molecule is C\C=C(/C(=N\C(=C\CC)Nc1cc([N+](=O)[O-])c(F)cc1C)c1cn2c3c(cccc13)CCC2)c1ccn[nH]1. The van der Waals surface area contributed by atoms with Gasteiger partial charge in [0.25, 0.3) is 0 Å². The third kappa shape index (κ3) is 4.63. The smallest absolute Gasteiger partial charge is 0.306 e. The van der Waals surface area contributed by atoms with E-state index in [0.29, 0.717) is 23.5 Å². The fourth-order valence-corrected chi connectivity index (χ4v) is 5.05. The Labute approximate surface area is 219 Å². The summed E-state index contributed by atoms with van der Waals surface area (Å²) in [6.07, 6.45) is 10.6. The van der Waals surface area contributed by atoms with Gasteiger partial charge in [-0.1, -0.05) is 31.2 Å². The summed E-state index contributed by atoms with van der Waals surface area (Å²) < 4.78 is 16.5. The summed E-state index contributed by atoms with van der Waals surface area (Å²) in [5.74, 6) is -0.356. The maximum absolute atomic E-state index is 14.2. The van der Waals surface area contributed by atoms with Gasteiger partial charge in [-0.3, -0.25) is 15.2 Å². The third-order valence-corrected chi connectivity index (χ3v) is 6.80. The van der Waals surface area contributed by atoms with Gasteiger partial charge in [0.2, 0.25) is 5.82 Å². The zero-order chi connectivity index (χ0) is 26.8. The van der Waals surface area contributed by atoms with E-state index in [-0.39, 0.29) is 0 Å². The Morgan fingerprint density at radius 2 is 2.18 bits per heavy atom. The number of anilines is 1. The van der Waals surface area contributed by atoms with Gasteiger partial charge in [-0.15, -0.1) is 0 Å². The predicted octanol–water partition coefficient (Wildman–Crippen LogP) is 6.92. The summed E-state index contributed by atoms with van der Waals surface area (Å²) in [6.45, 7) is 6.59. The summed E-state index contributed by atoms with van der Waals surface area (Å²) >= 11 is 0. The number of nitrogens with zero attached hydrogens (tertiary/aromatic N) is 4. The van der Waals surface area contributed by atoms with Crippen molar-refractivity contribution in [1.29, 1.82) is 0 Å². The average molecular weight is 513 g/mol. The molecule has 2 aromatic heterocycles. The Hall–Kier alpha value is -4.53. The van der Waals surface area contributed by atoms with Crippen LogP contribution >= 0.6 is 0 Å². The van der Waals surface area contributed by atoms with Crippen molar-refractivity contribution in [2.75, 3.05) is 5.32 Å². The Morgan fingerprint density at radius 3 is 2.89 bits per heavy atom. The highest BCUT2D eigenvalue weighted by Crippen LogP contribution is 2.33. The van der Waals surface area contributed by atoms with Crippen LogP contribution in [0, 0.1) is 22.9 Å². The van der Waals surface area contributed by atoms with E-state index in [4.69, 9.17) is 4.99 Å². The van der Waals surface area contributed by atoms with E-state index in [1.165, 1.54) is 23.2 Å². The molecule has 0 atom stereocenters. The van der Waals surface area contributed by atoms with Crippen LogP contribution < -0.4 is 5.32 Å². The third-order valence-electron chi connectivity index (χ3n) is 6.80. The first-order chi connectivity index (χ1) is 18.4. The molecule has 8 nitrogen and oxygen atoms in total. The van der Waals surface area contributed by atoms with Crippen molar-refractivity contribution < 1.29 is 9.31 Å². The molecule has 0 saturated carbocycles. The van der Waals surface area contributed by atoms with Crippen LogP contribution in [0.4, 0.5) is 15.8 Å². The monoisotopic (exact) mass is 512 g/mol. The van der Waals surface area contributed by atoms with Gasteiger partial charge in [-0.05, 0) is 62.4 Å². The van der Waals surface area contributed by atoms with Crippen molar-refractivity contribution in [3.63, 3.8) is 0 Å². The minimum Gasteiger partial charge on any atom is -0.347 e. The molecule has 4 aromatic rings. The van der Waals surface area contributed by atoms with Crippen LogP contribution in [-0.4, -0.2) is 25.4 Å². The lowest BCUT2D eigenvalue weighted by Gasteiger charge is -2.15. The molecule has 9 heteroatoms. The standard InChI is InChI=1S/C29H29FN6O2/c1-4-8-27(32-25-16-26(36(37)38)23(30)15-18(25)3)33-28(20(5-2)24-12-13-31-34-24)22-17-35-14-7-10-19-9-6-11-21(22)29(19)35/h5-6,8-9,11-13,15-17,32H,4,7,10,14H2,1-3H3,(H,31,34)/b20-5-,27-8+,33-28+. The maximum Gasteiger partial charge on any atom is 0.306 e. The summed E-state index contributed by atoms with van der Waals surface area (Å²) in [4.78, 5) is 15.8. The van der Waals surface area contributed by atoms with Crippen LogP contribution in [0.1, 0.15) is 49.1 Å². The van der Waals surface area contributed by atoms with E-state index in [1.807, 2.05) is 32.1 Å². The lowest BCUT2D eigenvalue weighted by Crippen LogP contribution is -2.09. The van der Waals surface area contributed by atoms with Crippen LogP contribution in [0.2, 0.25) is 0 Å². The lowest BCUT2D eigenvalue weighted by molar-refractivity contribution is -0.387. The molecule has 0 bridgehead atoms. The largest absolute Gasteiger partial charge is 0.347 e. The van der Waals surface area contributed by atoms with Crippen LogP contribution in [0.3, 0.4) is 0 Å². The van der Waals surface area contributed by atoms with Gasteiger partial charge in [0.05, 0.1) is 21.8 Å². The fraction of sp³-hybridized carbons (Fsp3) is 0.241. The van der Waals surface area contributed by atoms with E-state index in [9.17, 15) is 14.5 Å². The second-order valence-electron chi connectivity index (χ2n) is 9.28. The number of rotatable bonds is 8. The summed E-state index contributed by atoms with van der Waals surface area (Å²) in [6, 6.07) is 10.7. The number of allylic oxidation sites excluding steroid dienone is 3. The summed E-state index contributed by atoms with van der Waals surface area (Å²) in [7, 11) is 0. The molecule has 0 unspecified atom stereocenters. The fourth-order valence-electron chi connectivity index (χ4n) is 5.05. The van der Waals surface area contributed by atoms with Crippen LogP contribution in [-0.2, 0) is 13.0 Å². The molecule has 0 amide bonds. The number of halogens is 1. The molecule has 1 aliphatic heterocycles. The van der Waals surface area contributed by atoms with E-state index in [2.05, 4.69) is 44.5 Å². The second kappa shape index (κ2) is 10.5. The molecule has 0 radical (unpaired) electrons. The first kappa shape index (κ1) is 25.1. The van der Waals surface area contributed by atoms with E-state index in [0.717, 1.165) is 47.3 Å². The van der Waals surface area contributed by atoms with Crippen molar-refractivity contribution in [3.8, 4) is 0 Å². The predicted molar refractivity (Wildman–Crippen MR) is 149 cm³/mol. The molecular formula is C29H29FN6O2. The number of nitrogens with one attached hydrogen (secondary N) is 2. The highest BCUT2D eigenvalue weighted by molar-refractivity contribution is 6.35. The number of aryl methyl sites for hydroxylation is 3. The van der Waals surface area contributed by atoms with Crippen molar-refractivity contribution in [2.45, 2.75) is 46.6 Å². The lowest BCUT2D eigenvalue weighted by atomic mass is 9.97. The average Bonchev–Trinajstić information content (AvgIpc) is 3.55. The molecule has 1 aliphatic rings. The topological polar surface area (TPSA) is 101 Å². The Balaban J connectivity index is 1.69. The molecule has 0 spiro atoms. The van der Waals surface area contributed by atoms with Gasteiger partial charge in [0.15, 0.2) is 0 Å². The molecular weight excluding hydrogens is 483 g/mol. The first-order valence-electron chi connectivity index (χ1n) is 12.7. The van der Waals surface area contributed by atoms with Gasteiger partial charge in [0, 0.05) is 47.2 Å². The molecule has 3 heterocycles. The van der Waals surface area contributed by atoms with Crippen molar-refractivity contribution in [3.05, 3.63) is 105 Å². The number of benzene rings is 2. The zero-order valence-electron chi connectivity index (χ0n) is 21.6. The first-order valence-corrected chi connectivity index (χ1v) is 12.7. The Morgan fingerprint density at radius 1 is 1.34 bits per heavy atom. The van der Waals surface area contributed by atoms with Gasteiger partial charge in [-0.2, -0.15) is 9.49 Å². The minimum absolute atomic E-state index is 0.423. The number of aromatic amines is 1. The summed E-state index contributed by atoms with van der Waals surface area (Å²) in [5.41, 5.74) is 6.34. The minimum atomic E-state index is -0.868. The number of hydrogen-bond donors (Lipinski definition) is 2. The Kier molecular flexibility index (Phi) is 6.91. The molecule has 38 heavy (non-hydrogen) atoms. The number of aliphatic imine (C=N–C) groups is 1. The zero-order valence-corrected chi connectivity index (χ0v) is 21.6.